The van der Waals surface area contributed by atoms with Crippen molar-refractivity contribution in [1.82, 2.24) is 9.97 Å². The normalized spacial score (nSPS) is 11.6. The summed E-state index contributed by atoms with van der Waals surface area (Å²) in [5.74, 6) is 0. The lowest BCUT2D eigenvalue weighted by molar-refractivity contribution is 1.41. The van der Waals surface area contributed by atoms with E-state index in [-0.39, 0.29) is 0 Å². The van der Waals surface area contributed by atoms with Gasteiger partial charge < -0.3 is 4.98 Å². The van der Waals surface area contributed by atoms with Crippen molar-refractivity contribution in [3.63, 3.8) is 0 Å². The highest BCUT2D eigenvalue weighted by Gasteiger charge is 2.00. The monoisotopic (exact) mass is 271 g/mol. The number of pyridine rings is 1. The van der Waals surface area contributed by atoms with Gasteiger partial charge in [0.2, 0.25) is 0 Å². The molecule has 2 aromatic carbocycles. The van der Waals surface area contributed by atoms with Gasteiger partial charge in [0.25, 0.3) is 0 Å². The molecule has 0 aliphatic heterocycles. The number of fused-ring (bicyclic) bond motifs is 2. The van der Waals surface area contributed by atoms with Gasteiger partial charge in [-0.3, -0.25) is 9.98 Å². The number of rotatable bonds is 2. The molecule has 0 aliphatic carbocycles. The number of aromatic amines is 1. The van der Waals surface area contributed by atoms with Gasteiger partial charge in [-0.1, -0.05) is 24.3 Å². The second-order valence-corrected chi connectivity index (χ2v) is 4.93. The standard InChI is InChI=1S/C18H13N3/c1-2-6-18-16(5-1)14(12-21-18)11-20-15-7-8-17-13(10-15)4-3-9-19-17/h1-12,21H. The Hall–Kier alpha value is -2.94. The SMILES string of the molecule is C(=Nc1ccc2ncccc2c1)c1c[nH]c2ccccc12. The predicted octanol–water partition coefficient (Wildman–Crippen LogP) is 4.47. The quantitative estimate of drug-likeness (QED) is 0.537. The summed E-state index contributed by atoms with van der Waals surface area (Å²) in [6.07, 6.45) is 5.68. The molecule has 0 unspecified atom stereocenters. The molecule has 1 N–H and O–H groups in total. The Kier molecular flexibility index (Phi) is 2.75. The predicted molar refractivity (Wildman–Crippen MR) is 87.3 cm³/mol. The van der Waals surface area contributed by atoms with Gasteiger partial charge in [0, 0.05) is 40.5 Å². The van der Waals surface area contributed by atoms with Gasteiger partial charge in [-0.15, -0.1) is 0 Å². The summed E-state index contributed by atoms with van der Waals surface area (Å²) in [7, 11) is 0. The maximum absolute atomic E-state index is 4.58. The highest BCUT2D eigenvalue weighted by atomic mass is 14.7. The summed E-state index contributed by atoms with van der Waals surface area (Å²) in [5.41, 5.74) is 4.14. The van der Waals surface area contributed by atoms with Crippen molar-refractivity contribution in [1.29, 1.82) is 0 Å². The third-order valence-electron chi connectivity index (χ3n) is 3.56. The van der Waals surface area contributed by atoms with Crippen LogP contribution in [0.15, 0.2) is 72.0 Å². The molecule has 0 amide bonds. The summed E-state index contributed by atoms with van der Waals surface area (Å²) < 4.78 is 0. The van der Waals surface area contributed by atoms with E-state index in [1.54, 1.807) is 6.20 Å². The van der Waals surface area contributed by atoms with E-state index in [1.165, 1.54) is 5.39 Å². The Labute approximate surface area is 122 Å². The molecule has 0 spiro atoms. The first-order chi connectivity index (χ1) is 10.4. The lowest BCUT2D eigenvalue weighted by atomic mass is 10.2. The molecule has 0 bridgehead atoms. The van der Waals surface area contributed by atoms with Crippen LogP contribution >= 0.6 is 0 Å². The molecule has 3 nitrogen and oxygen atoms in total. The van der Waals surface area contributed by atoms with Crippen LogP contribution in [-0.2, 0) is 0 Å². The van der Waals surface area contributed by atoms with E-state index in [9.17, 15) is 0 Å². The van der Waals surface area contributed by atoms with Crippen molar-refractivity contribution in [2.75, 3.05) is 0 Å². The van der Waals surface area contributed by atoms with E-state index in [4.69, 9.17) is 0 Å². The van der Waals surface area contributed by atoms with Crippen molar-refractivity contribution in [2.24, 2.45) is 4.99 Å². The zero-order valence-corrected chi connectivity index (χ0v) is 11.3. The van der Waals surface area contributed by atoms with Crippen LogP contribution in [0.3, 0.4) is 0 Å². The maximum atomic E-state index is 4.58. The van der Waals surface area contributed by atoms with Gasteiger partial charge in [0.1, 0.15) is 0 Å². The van der Waals surface area contributed by atoms with Crippen LogP contribution in [0, 0.1) is 0 Å². The average Bonchev–Trinajstić information content (AvgIpc) is 2.96. The van der Waals surface area contributed by atoms with E-state index in [0.717, 1.165) is 27.7 Å². The molecule has 4 aromatic rings. The molecular weight excluding hydrogens is 258 g/mol. The van der Waals surface area contributed by atoms with Crippen molar-refractivity contribution >= 4 is 33.7 Å². The van der Waals surface area contributed by atoms with Crippen LogP contribution in [0.2, 0.25) is 0 Å². The molecular formula is C18H13N3. The number of benzene rings is 2. The van der Waals surface area contributed by atoms with Crippen molar-refractivity contribution in [3.8, 4) is 0 Å². The molecule has 0 atom stereocenters. The number of hydrogen-bond acceptors (Lipinski definition) is 2. The highest BCUT2D eigenvalue weighted by molar-refractivity contribution is 5.99. The van der Waals surface area contributed by atoms with Crippen molar-refractivity contribution in [3.05, 3.63) is 72.6 Å². The minimum absolute atomic E-state index is 0.931. The average molecular weight is 271 g/mol. The molecule has 0 fully saturated rings. The first kappa shape index (κ1) is 11.9. The van der Waals surface area contributed by atoms with Crippen molar-refractivity contribution in [2.45, 2.75) is 0 Å². The molecule has 2 heterocycles. The van der Waals surface area contributed by atoms with Crippen LogP contribution in [0.25, 0.3) is 21.8 Å². The smallest absolute Gasteiger partial charge is 0.0703 e. The second kappa shape index (κ2) is 4.87. The largest absolute Gasteiger partial charge is 0.361 e. The molecule has 21 heavy (non-hydrogen) atoms. The molecule has 3 heteroatoms. The first-order valence-electron chi connectivity index (χ1n) is 6.85. The van der Waals surface area contributed by atoms with Crippen LogP contribution < -0.4 is 0 Å². The van der Waals surface area contributed by atoms with E-state index in [2.05, 4.69) is 27.1 Å². The van der Waals surface area contributed by atoms with Crippen LogP contribution in [0.5, 0.6) is 0 Å². The Morgan fingerprint density at radius 1 is 1.00 bits per heavy atom. The number of aromatic nitrogens is 2. The van der Waals surface area contributed by atoms with Gasteiger partial charge in [-0.25, -0.2) is 0 Å². The zero-order chi connectivity index (χ0) is 14.1. The topological polar surface area (TPSA) is 41.0 Å². The third kappa shape index (κ3) is 2.19. The lowest BCUT2D eigenvalue weighted by Crippen LogP contribution is -1.79. The Morgan fingerprint density at radius 3 is 2.95 bits per heavy atom. The molecule has 0 aliphatic rings. The number of aliphatic imine (C=N–C) groups is 1. The number of H-pyrrole nitrogens is 1. The van der Waals surface area contributed by atoms with E-state index >= 15 is 0 Å². The zero-order valence-electron chi connectivity index (χ0n) is 11.3. The van der Waals surface area contributed by atoms with Crippen molar-refractivity contribution < 1.29 is 0 Å². The third-order valence-corrected chi connectivity index (χ3v) is 3.56. The van der Waals surface area contributed by atoms with Gasteiger partial charge in [-0.05, 0) is 30.3 Å². The Bertz CT molecular complexity index is 951. The van der Waals surface area contributed by atoms with E-state index < -0.39 is 0 Å². The molecule has 0 saturated heterocycles. The Balaban J connectivity index is 1.73. The number of para-hydroxylation sites is 1. The molecule has 0 saturated carbocycles. The summed E-state index contributed by atoms with van der Waals surface area (Å²) in [6.45, 7) is 0. The molecule has 0 radical (unpaired) electrons. The summed E-state index contributed by atoms with van der Waals surface area (Å²) >= 11 is 0. The fourth-order valence-corrected chi connectivity index (χ4v) is 2.49. The van der Waals surface area contributed by atoms with Gasteiger partial charge in [0.15, 0.2) is 0 Å². The van der Waals surface area contributed by atoms with Gasteiger partial charge in [-0.2, -0.15) is 0 Å². The van der Waals surface area contributed by atoms with E-state index in [1.807, 2.05) is 54.9 Å². The molecule has 2 aromatic heterocycles. The summed E-state index contributed by atoms with van der Waals surface area (Å²) in [5, 5.41) is 2.29. The lowest BCUT2D eigenvalue weighted by Gasteiger charge is -1.98. The maximum Gasteiger partial charge on any atom is 0.0703 e. The minimum atomic E-state index is 0.931. The fraction of sp³-hybridized carbons (Fsp3) is 0. The van der Waals surface area contributed by atoms with Gasteiger partial charge in [0.05, 0.1) is 11.2 Å². The summed E-state index contributed by atoms with van der Waals surface area (Å²) in [4.78, 5) is 12.1. The van der Waals surface area contributed by atoms with E-state index in [0.29, 0.717) is 0 Å². The minimum Gasteiger partial charge on any atom is -0.361 e. The number of nitrogens with one attached hydrogen (secondary N) is 1. The number of hydrogen-bond donors (Lipinski definition) is 1. The summed E-state index contributed by atoms with van der Waals surface area (Å²) in [6, 6.07) is 18.2. The second-order valence-electron chi connectivity index (χ2n) is 4.93. The fourth-order valence-electron chi connectivity index (χ4n) is 2.49. The highest BCUT2D eigenvalue weighted by Crippen LogP contribution is 2.21. The first-order valence-corrected chi connectivity index (χ1v) is 6.85. The van der Waals surface area contributed by atoms with Crippen LogP contribution in [0.1, 0.15) is 5.56 Å². The van der Waals surface area contributed by atoms with Gasteiger partial charge >= 0.3 is 0 Å². The Morgan fingerprint density at radius 2 is 1.95 bits per heavy atom. The molecule has 4 rings (SSSR count). The molecule has 100 valence electrons. The van der Waals surface area contributed by atoms with Crippen LogP contribution in [0.4, 0.5) is 5.69 Å². The van der Waals surface area contributed by atoms with Crippen LogP contribution in [-0.4, -0.2) is 16.2 Å². The number of nitrogens with zero attached hydrogens (tertiary/aromatic N) is 2.